The maximum absolute atomic E-state index is 12.2. The molecular weight excluding hydrogens is 370 g/mol. The Balaban J connectivity index is 1.37. The van der Waals surface area contributed by atoms with Gasteiger partial charge in [0.2, 0.25) is 12.7 Å². The van der Waals surface area contributed by atoms with Gasteiger partial charge in [0.05, 0.1) is 5.75 Å². The molecule has 4 nitrogen and oxygen atoms in total. The summed E-state index contributed by atoms with van der Waals surface area (Å²) in [6.07, 6.45) is 0. The van der Waals surface area contributed by atoms with E-state index in [0.717, 1.165) is 32.7 Å². The maximum Gasteiger partial charge on any atom is 0.231 e. The fourth-order valence-electron chi connectivity index (χ4n) is 2.83. The molecule has 3 aromatic carbocycles. The van der Waals surface area contributed by atoms with Crippen molar-refractivity contribution >= 4 is 40.0 Å². The second kappa shape index (κ2) is 7.48. The summed E-state index contributed by atoms with van der Waals surface area (Å²) in [6.45, 7) is 0.696. The molecule has 0 saturated carbocycles. The van der Waals surface area contributed by atoms with Crippen LogP contribution in [0.15, 0.2) is 59.5 Å². The lowest BCUT2D eigenvalue weighted by Gasteiger charge is -2.09. The number of ether oxygens (including phenoxy) is 2. The van der Waals surface area contributed by atoms with E-state index >= 15 is 0 Å². The van der Waals surface area contributed by atoms with Gasteiger partial charge in [-0.05, 0) is 35.2 Å². The van der Waals surface area contributed by atoms with E-state index in [4.69, 9.17) is 21.1 Å². The number of nitrogens with one attached hydrogen (secondary N) is 1. The van der Waals surface area contributed by atoms with Crippen LogP contribution in [-0.2, 0) is 11.3 Å². The number of hydrogen-bond acceptors (Lipinski definition) is 4. The molecule has 0 atom stereocenters. The summed E-state index contributed by atoms with van der Waals surface area (Å²) in [5.41, 5.74) is 0.973. The van der Waals surface area contributed by atoms with Gasteiger partial charge in [-0.2, -0.15) is 0 Å². The fourth-order valence-corrected chi connectivity index (χ4v) is 4.10. The third-order valence-electron chi connectivity index (χ3n) is 4.10. The van der Waals surface area contributed by atoms with Crippen molar-refractivity contribution in [2.75, 3.05) is 12.5 Å². The minimum Gasteiger partial charge on any atom is -0.454 e. The first-order valence-corrected chi connectivity index (χ1v) is 9.52. The van der Waals surface area contributed by atoms with E-state index in [2.05, 4.69) is 5.32 Å². The van der Waals surface area contributed by atoms with Crippen LogP contribution in [0.3, 0.4) is 0 Å². The number of carbonyl (C=O) groups is 1. The Morgan fingerprint density at radius 1 is 1.08 bits per heavy atom. The monoisotopic (exact) mass is 385 g/mol. The molecule has 0 unspecified atom stereocenters. The Labute approximate surface area is 160 Å². The molecule has 0 spiro atoms. The van der Waals surface area contributed by atoms with Gasteiger partial charge in [-0.15, -0.1) is 11.8 Å². The number of thioether (sulfide) groups is 1. The summed E-state index contributed by atoms with van der Waals surface area (Å²) in [4.78, 5) is 13.2. The third-order valence-corrected chi connectivity index (χ3v) is 5.47. The predicted molar refractivity (Wildman–Crippen MR) is 104 cm³/mol. The van der Waals surface area contributed by atoms with Crippen molar-refractivity contribution in [2.45, 2.75) is 11.4 Å². The molecule has 6 heteroatoms. The SMILES string of the molecule is O=C(CSc1cccc2cccc(Cl)c12)NCc1ccc2c(c1)OCO2. The average molecular weight is 386 g/mol. The summed E-state index contributed by atoms with van der Waals surface area (Å²) in [5.74, 6) is 1.76. The Bertz CT molecular complexity index is 971. The Morgan fingerprint density at radius 2 is 1.88 bits per heavy atom. The minimum absolute atomic E-state index is 0.0308. The van der Waals surface area contributed by atoms with Gasteiger partial charge in [0, 0.05) is 21.8 Å². The number of amides is 1. The van der Waals surface area contributed by atoms with Crippen LogP contribution < -0.4 is 14.8 Å². The van der Waals surface area contributed by atoms with Crippen molar-refractivity contribution < 1.29 is 14.3 Å². The highest BCUT2D eigenvalue weighted by Crippen LogP contribution is 2.34. The van der Waals surface area contributed by atoms with Gasteiger partial charge < -0.3 is 14.8 Å². The summed E-state index contributed by atoms with van der Waals surface area (Å²) >= 11 is 7.82. The zero-order valence-corrected chi connectivity index (χ0v) is 15.4. The van der Waals surface area contributed by atoms with Crippen LogP contribution >= 0.6 is 23.4 Å². The number of fused-ring (bicyclic) bond motifs is 2. The van der Waals surface area contributed by atoms with Crippen molar-refractivity contribution in [3.8, 4) is 11.5 Å². The molecule has 0 aromatic heterocycles. The van der Waals surface area contributed by atoms with Crippen LogP contribution in [0.1, 0.15) is 5.56 Å². The van der Waals surface area contributed by atoms with E-state index in [0.29, 0.717) is 17.3 Å². The molecule has 1 heterocycles. The minimum atomic E-state index is -0.0308. The van der Waals surface area contributed by atoms with Crippen LogP contribution in [0.2, 0.25) is 5.02 Å². The van der Waals surface area contributed by atoms with Gasteiger partial charge in [-0.25, -0.2) is 0 Å². The second-order valence-electron chi connectivity index (χ2n) is 5.85. The quantitative estimate of drug-likeness (QED) is 0.650. The smallest absolute Gasteiger partial charge is 0.231 e. The van der Waals surface area contributed by atoms with Crippen molar-refractivity contribution in [2.24, 2.45) is 0 Å². The van der Waals surface area contributed by atoms with Crippen molar-refractivity contribution in [1.82, 2.24) is 5.32 Å². The molecule has 132 valence electrons. The predicted octanol–water partition coefficient (Wildman–Crippen LogP) is 4.63. The van der Waals surface area contributed by atoms with E-state index < -0.39 is 0 Å². The van der Waals surface area contributed by atoms with Gasteiger partial charge >= 0.3 is 0 Å². The highest BCUT2D eigenvalue weighted by atomic mass is 35.5. The highest BCUT2D eigenvalue weighted by Gasteiger charge is 2.13. The van der Waals surface area contributed by atoms with Gasteiger partial charge in [-0.1, -0.05) is 41.9 Å². The molecular formula is C20H16ClNO3S. The van der Waals surface area contributed by atoms with E-state index in [9.17, 15) is 4.79 Å². The average Bonchev–Trinajstić information content (AvgIpc) is 3.12. The summed E-state index contributed by atoms with van der Waals surface area (Å²) in [6, 6.07) is 17.5. The number of carbonyl (C=O) groups excluding carboxylic acids is 1. The van der Waals surface area contributed by atoms with E-state index in [1.165, 1.54) is 11.8 Å². The molecule has 0 saturated heterocycles. The maximum atomic E-state index is 12.2. The lowest BCUT2D eigenvalue weighted by molar-refractivity contribution is -0.118. The Morgan fingerprint density at radius 3 is 2.77 bits per heavy atom. The molecule has 1 aliphatic heterocycles. The zero-order valence-electron chi connectivity index (χ0n) is 13.8. The van der Waals surface area contributed by atoms with Gasteiger partial charge in [0.15, 0.2) is 11.5 Å². The van der Waals surface area contributed by atoms with E-state index in [-0.39, 0.29) is 12.7 Å². The van der Waals surface area contributed by atoms with Gasteiger partial charge in [0.25, 0.3) is 0 Å². The summed E-state index contributed by atoms with van der Waals surface area (Å²) < 4.78 is 10.6. The Hall–Kier alpha value is -2.37. The fraction of sp³-hybridized carbons (Fsp3) is 0.150. The van der Waals surface area contributed by atoms with Crippen molar-refractivity contribution in [3.63, 3.8) is 0 Å². The zero-order chi connectivity index (χ0) is 17.9. The number of halogens is 1. The van der Waals surface area contributed by atoms with Crippen LogP contribution in [0.5, 0.6) is 11.5 Å². The molecule has 0 radical (unpaired) electrons. The summed E-state index contributed by atoms with van der Waals surface area (Å²) in [7, 11) is 0. The van der Waals surface area contributed by atoms with Crippen LogP contribution in [0.25, 0.3) is 10.8 Å². The van der Waals surface area contributed by atoms with Crippen molar-refractivity contribution in [1.29, 1.82) is 0 Å². The molecule has 1 aliphatic rings. The van der Waals surface area contributed by atoms with Gasteiger partial charge in [-0.3, -0.25) is 4.79 Å². The normalized spacial score (nSPS) is 12.3. The lowest BCUT2D eigenvalue weighted by Crippen LogP contribution is -2.24. The molecule has 0 aliphatic carbocycles. The van der Waals surface area contributed by atoms with E-state index in [1.54, 1.807) is 0 Å². The molecule has 1 N–H and O–H groups in total. The molecule has 0 bridgehead atoms. The van der Waals surface area contributed by atoms with Crippen LogP contribution in [0.4, 0.5) is 0 Å². The second-order valence-corrected chi connectivity index (χ2v) is 7.27. The first-order chi connectivity index (χ1) is 12.7. The first kappa shape index (κ1) is 17.1. The number of benzene rings is 3. The first-order valence-electron chi connectivity index (χ1n) is 8.16. The topological polar surface area (TPSA) is 47.6 Å². The van der Waals surface area contributed by atoms with E-state index in [1.807, 2.05) is 54.6 Å². The molecule has 0 fully saturated rings. The van der Waals surface area contributed by atoms with Crippen LogP contribution in [-0.4, -0.2) is 18.5 Å². The standard InChI is InChI=1S/C20H16ClNO3S/c21-15-5-1-3-14-4-2-6-18(20(14)15)26-11-19(23)22-10-13-7-8-16-17(9-13)25-12-24-16/h1-9H,10-12H2,(H,22,23). The number of hydrogen-bond donors (Lipinski definition) is 1. The van der Waals surface area contributed by atoms with Crippen LogP contribution in [0, 0.1) is 0 Å². The largest absolute Gasteiger partial charge is 0.454 e. The molecule has 4 rings (SSSR count). The summed E-state index contributed by atoms with van der Waals surface area (Å²) in [5, 5.41) is 5.70. The molecule has 3 aromatic rings. The Kier molecular flexibility index (Phi) is 4.91. The lowest BCUT2D eigenvalue weighted by atomic mass is 10.1. The molecule has 26 heavy (non-hydrogen) atoms. The van der Waals surface area contributed by atoms with Gasteiger partial charge in [0.1, 0.15) is 0 Å². The molecule has 1 amide bonds. The van der Waals surface area contributed by atoms with Crippen molar-refractivity contribution in [3.05, 3.63) is 65.2 Å². The number of rotatable bonds is 5. The third kappa shape index (κ3) is 3.59. The highest BCUT2D eigenvalue weighted by molar-refractivity contribution is 8.00.